The summed E-state index contributed by atoms with van der Waals surface area (Å²) in [5.41, 5.74) is 3.25. The van der Waals surface area contributed by atoms with Crippen molar-refractivity contribution in [1.82, 2.24) is 14.9 Å². The van der Waals surface area contributed by atoms with E-state index in [9.17, 15) is 0 Å². The van der Waals surface area contributed by atoms with E-state index in [1.54, 1.807) is 0 Å². The molecule has 0 aliphatic carbocycles. The molecule has 4 heteroatoms. The quantitative estimate of drug-likeness (QED) is 0.830. The number of rotatable bonds is 6. The Balaban J connectivity index is 1.76. The first-order valence-electron chi connectivity index (χ1n) is 9.46. The van der Waals surface area contributed by atoms with Crippen molar-refractivity contribution in [3.8, 4) is 17.3 Å². The Morgan fingerprint density at radius 1 is 1.32 bits per heavy atom. The second-order valence-electron chi connectivity index (χ2n) is 7.23. The number of aromatic nitrogens is 2. The molecule has 1 aliphatic heterocycles. The van der Waals surface area contributed by atoms with Crippen LogP contribution < -0.4 is 0 Å². The summed E-state index contributed by atoms with van der Waals surface area (Å²) in [6.07, 6.45) is 7.39. The SMILES string of the molecule is CCC(C)CN1CCCCC1c1ncc(-c2ccc(CC#N)cc2)[nH]1. The Morgan fingerprint density at radius 2 is 2.12 bits per heavy atom. The van der Waals surface area contributed by atoms with Crippen LogP contribution in [0, 0.1) is 17.2 Å². The van der Waals surface area contributed by atoms with Crippen LogP contribution in [-0.2, 0) is 6.42 Å². The number of nitriles is 1. The zero-order valence-corrected chi connectivity index (χ0v) is 15.3. The minimum atomic E-state index is 0.411. The summed E-state index contributed by atoms with van der Waals surface area (Å²) < 4.78 is 0. The Hall–Kier alpha value is -2.12. The number of H-pyrrole nitrogens is 1. The molecule has 0 radical (unpaired) electrons. The van der Waals surface area contributed by atoms with Gasteiger partial charge in [0, 0.05) is 6.54 Å². The van der Waals surface area contributed by atoms with Crippen molar-refractivity contribution in [3.63, 3.8) is 0 Å². The third-order valence-electron chi connectivity index (χ3n) is 5.32. The lowest BCUT2D eigenvalue weighted by Crippen LogP contribution is -2.37. The van der Waals surface area contributed by atoms with E-state index in [4.69, 9.17) is 10.2 Å². The number of nitrogens with zero attached hydrogens (tertiary/aromatic N) is 3. The lowest BCUT2D eigenvalue weighted by Gasteiger charge is -2.36. The van der Waals surface area contributed by atoms with Crippen LogP contribution in [0.15, 0.2) is 30.5 Å². The van der Waals surface area contributed by atoms with Crippen LogP contribution in [0.1, 0.15) is 57.0 Å². The van der Waals surface area contributed by atoms with Crippen molar-refractivity contribution in [2.75, 3.05) is 13.1 Å². The molecule has 132 valence electrons. The summed E-state index contributed by atoms with van der Waals surface area (Å²) in [5, 5.41) is 8.79. The van der Waals surface area contributed by atoms with Crippen LogP contribution in [0.3, 0.4) is 0 Å². The van der Waals surface area contributed by atoms with Crippen LogP contribution in [0.5, 0.6) is 0 Å². The lowest BCUT2D eigenvalue weighted by molar-refractivity contribution is 0.122. The first-order valence-corrected chi connectivity index (χ1v) is 9.46. The molecule has 2 aromatic rings. The highest BCUT2D eigenvalue weighted by molar-refractivity contribution is 5.59. The summed E-state index contributed by atoms with van der Waals surface area (Å²) in [6, 6.07) is 10.8. The van der Waals surface area contributed by atoms with Crippen molar-refractivity contribution >= 4 is 0 Å². The topological polar surface area (TPSA) is 55.7 Å². The van der Waals surface area contributed by atoms with Crippen molar-refractivity contribution in [1.29, 1.82) is 5.26 Å². The maximum absolute atomic E-state index is 8.79. The number of imidazole rings is 1. The smallest absolute Gasteiger partial charge is 0.123 e. The predicted octanol–water partition coefficient (Wildman–Crippen LogP) is 4.72. The van der Waals surface area contributed by atoms with Gasteiger partial charge < -0.3 is 4.98 Å². The summed E-state index contributed by atoms with van der Waals surface area (Å²) >= 11 is 0. The van der Waals surface area contributed by atoms with Crippen molar-refractivity contribution in [3.05, 3.63) is 41.9 Å². The first kappa shape index (κ1) is 17.7. The summed E-state index contributed by atoms with van der Waals surface area (Å²) in [7, 11) is 0. The average Bonchev–Trinajstić information content (AvgIpc) is 3.13. The molecule has 2 unspecified atom stereocenters. The highest BCUT2D eigenvalue weighted by Gasteiger charge is 2.27. The number of hydrogen-bond donors (Lipinski definition) is 1. The second-order valence-corrected chi connectivity index (χ2v) is 7.23. The number of nitrogens with one attached hydrogen (secondary N) is 1. The molecule has 0 saturated carbocycles. The average molecular weight is 336 g/mol. The lowest BCUT2D eigenvalue weighted by atomic mass is 9.99. The molecular formula is C21H28N4. The molecule has 1 aromatic heterocycles. The molecule has 3 rings (SSSR count). The molecule has 1 aliphatic rings. The van der Waals surface area contributed by atoms with E-state index in [2.05, 4.69) is 41.9 Å². The van der Waals surface area contributed by atoms with Crippen LogP contribution in [0.2, 0.25) is 0 Å². The molecule has 2 heterocycles. The molecule has 0 amide bonds. The zero-order chi connectivity index (χ0) is 17.6. The summed E-state index contributed by atoms with van der Waals surface area (Å²) in [5.74, 6) is 1.82. The van der Waals surface area contributed by atoms with Crippen molar-refractivity contribution in [2.45, 2.75) is 52.0 Å². The monoisotopic (exact) mass is 336 g/mol. The number of benzene rings is 1. The van der Waals surface area contributed by atoms with Gasteiger partial charge >= 0.3 is 0 Å². The first-order chi connectivity index (χ1) is 12.2. The maximum Gasteiger partial charge on any atom is 0.123 e. The highest BCUT2D eigenvalue weighted by Crippen LogP contribution is 2.31. The molecule has 25 heavy (non-hydrogen) atoms. The molecular weight excluding hydrogens is 308 g/mol. The van der Waals surface area contributed by atoms with Gasteiger partial charge in [-0.2, -0.15) is 5.26 Å². The Bertz CT molecular complexity index is 710. The van der Waals surface area contributed by atoms with Gasteiger partial charge in [-0.15, -0.1) is 0 Å². The zero-order valence-electron chi connectivity index (χ0n) is 15.3. The molecule has 0 bridgehead atoms. The van der Waals surface area contributed by atoms with E-state index in [-0.39, 0.29) is 0 Å². The predicted molar refractivity (Wildman–Crippen MR) is 101 cm³/mol. The number of aromatic amines is 1. The maximum atomic E-state index is 8.79. The number of likely N-dealkylation sites (tertiary alicyclic amines) is 1. The van der Waals surface area contributed by atoms with Gasteiger partial charge in [0.05, 0.1) is 30.4 Å². The van der Waals surface area contributed by atoms with Gasteiger partial charge in [0.1, 0.15) is 5.82 Å². The van der Waals surface area contributed by atoms with Crippen LogP contribution >= 0.6 is 0 Å². The van der Waals surface area contributed by atoms with Gasteiger partial charge in [0.2, 0.25) is 0 Å². The van der Waals surface area contributed by atoms with Crippen LogP contribution in [-0.4, -0.2) is 28.0 Å². The molecule has 4 nitrogen and oxygen atoms in total. The molecule has 0 spiro atoms. The third-order valence-corrected chi connectivity index (χ3v) is 5.32. The van der Waals surface area contributed by atoms with Crippen LogP contribution in [0.4, 0.5) is 0 Å². The van der Waals surface area contributed by atoms with Gasteiger partial charge in [-0.3, -0.25) is 4.90 Å². The molecule has 1 saturated heterocycles. The number of piperidine rings is 1. The molecule has 2 atom stereocenters. The van der Waals surface area contributed by atoms with Crippen LogP contribution in [0.25, 0.3) is 11.3 Å². The highest BCUT2D eigenvalue weighted by atomic mass is 15.2. The normalized spacial score (nSPS) is 19.5. The van der Waals surface area contributed by atoms with Gasteiger partial charge in [-0.05, 0) is 36.4 Å². The van der Waals surface area contributed by atoms with E-state index in [1.165, 1.54) is 32.2 Å². The molecule has 1 aromatic carbocycles. The number of hydrogen-bond acceptors (Lipinski definition) is 3. The van der Waals surface area contributed by atoms with E-state index in [0.29, 0.717) is 12.5 Å². The molecule has 1 N–H and O–H groups in total. The standard InChI is InChI=1S/C21H28N4/c1-3-16(2)15-25-13-5-4-6-20(25)21-23-14-19(24-21)18-9-7-17(8-10-18)11-12-22/h7-10,14,16,20H,3-6,11,13,15H2,1-2H3,(H,23,24). The summed E-state index contributed by atoms with van der Waals surface area (Å²) in [4.78, 5) is 10.9. The van der Waals surface area contributed by atoms with Gasteiger partial charge in [0.25, 0.3) is 0 Å². The van der Waals surface area contributed by atoms with Crippen molar-refractivity contribution in [2.24, 2.45) is 5.92 Å². The van der Waals surface area contributed by atoms with Crippen molar-refractivity contribution < 1.29 is 0 Å². The largest absolute Gasteiger partial charge is 0.341 e. The Morgan fingerprint density at radius 3 is 2.84 bits per heavy atom. The fourth-order valence-corrected chi connectivity index (χ4v) is 3.59. The van der Waals surface area contributed by atoms with E-state index < -0.39 is 0 Å². The second kappa shape index (κ2) is 8.31. The van der Waals surface area contributed by atoms with E-state index >= 15 is 0 Å². The Kier molecular flexibility index (Phi) is 5.88. The fraction of sp³-hybridized carbons (Fsp3) is 0.524. The van der Waals surface area contributed by atoms with Gasteiger partial charge in [-0.1, -0.05) is 51.0 Å². The third kappa shape index (κ3) is 4.29. The van der Waals surface area contributed by atoms with Gasteiger partial charge in [0.15, 0.2) is 0 Å². The Labute approximate surface area is 150 Å². The van der Waals surface area contributed by atoms with E-state index in [1.807, 2.05) is 18.3 Å². The van der Waals surface area contributed by atoms with E-state index in [0.717, 1.165) is 35.1 Å². The minimum Gasteiger partial charge on any atom is -0.341 e. The minimum absolute atomic E-state index is 0.411. The van der Waals surface area contributed by atoms with Gasteiger partial charge in [-0.25, -0.2) is 4.98 Å². The fourth-order valence-electron chi connectivity index (χ4n) is 3.59. The summed E-state index contributed by atoms with van der Waals surface area (Å²) in [6.45, 7) is 6.93. The molecule has 1 fully saturated rings.